The molecule has 1 aliphatic rings. The maximum atomic E-state index is 13.5. The van der Waals surface area contributed by atoms with Crippen LogP contribution in [0.15, 0.2) is 62.9 Å². The summed E-state index contributed by atoms with van der Waals surface area (Å²) < 4.78 is 43.7. The van der Waals surface area contributed by atoms with E-state index in [1.165, 1.54) is 0 Å². The number of ether oxygens (including phenoxy) is 2. The quantitative estimate of drug-likeness (QED) is 0.530. The Bertz CT molecular complexity index is 1120. The number of benzene rings is 2. The van der Waals surface area contributed by atoms with Gasteiger partial charge in [-0.25, -0.2) is 8.42 Å². The third-order valence-corrected chi connectivity index (χ3v) is 6.93. The molecule has 0 atom stereocenters. The second-order valence-electron chi connectivity index (χ2n) is 7.31. The summed E-state index contributed by atoms with van der Waals surface area (Å²) >= 11 is 0. The number of hydrogen-bond acceptors (Lipinski definition) is 7. The predicted molar refractivity (Wildman–Crippen MR) is 118 cm³/mol. The summed E-state index contributed by atoms with van der Waals surface area (Å²) in [6.07, 6.45) is 3.10. The van der Waals surface area contributed by atoms with E-state index >= 15 is 0 Å². The number of rotatable bonds is 7. The highest BCUT2D eigenvalue weighted by molar-refractivity contribution is 7.91. The molecular formula is C23H26N2O5S. The highest BCUT2D eigenvalue weighted by Gasteiger charge is 2.32. The van der Waals surface area contributed by atoms with Crippen LogP contribution < -0.4 is 14.4 Å². The third kappa shape index (κ3) is 4.39. The molecule has 164 valence electrons. The number of hydrogen-bond donors (Lipinski definition) is 0. The summed E-state index contributed by atoms with van der Waals surface area (Å²) in [7, 11) is -2.28. The van der Waals surface area contributed by atoms with E-state index in [0.29, 0.717) is 29.6 Å². The molecule has 1 saturated heterocycles. The van der Waals surface area contributed by atoms with Gasteiger partial charge in [-0.05, 0) is 74.7 Å². The van der Waals surface area contributed by atoms with E-state index in [2.05, 4.69) is 4.98 Å². The molecular weight excluding hydrogens is 416 g/mol. The van der Waals surface area contributed by atoms with E-state index in [0.717, 1.165) is 32.4 Å². The highest BCUT2D eigenvalue weighted by Crippen LogP contribution is 2.36. The van der Waals surface area contributed by atoms with E-state index in [1.54, 1.807) is 55.6 Å². The molecule has 8 heteroatoms. The summed E-state index contributed by atoms with van der Waals surface area (Å²) in [5.41, 5.74) is 0.687. The van der Waals surface area contributed by atoms with Crippen LogP contribution in [0.4, 0.5) is 5.88 Å². The lowest BCUT2D eigenvalue weighted by Crippen LogP contribution is -2.30. The minimum atomic E-state index is -3.88. The molecule has 31 heavy (non-hydrogen) atoms. The molecule has 0 N–H and O–H groups in total. The van der Waals surface area contributed by atoms with Crippen molar-refractivity contribution in [1.82, 2.24) is 4.98 Å². The van der Waals surface area contributed by atoms with Crippen LogP contribution in [0.2, 0.25) is 0 Å². The van der Waals surface area contributed by atoms with Gasteiger partial charge >= 0.3 is 0 Å². The van der Waals surface area contributed by atoms with Crippen molar-refractivity contribution in [2.24, 2.45) is 0 Å². The smallest absolute Gasteiger partial charge is 0.236 e. The van der Waals surface area contributed by atoms with Crippen LogP contribution in [0, 0.1) is 0 Å². The van der Waals surface area contributed by atoms with E-state index in [1.807, 2.05) is 11.8 Å². The summed E-state index contributed by atoms with van der Waals surface area (Å²) in [6.45, 7) is 3.87. The molecule has 1 aliphatic heterocycles. The van der Waals surface area contributed by atoms with Gasteiger partial charge in [-0.3, -0.25) is 0 Å². The summed E-state index contributed by atoms with van der Waals surface area (Å²) in [5, 5.41) is -0.0515. The average Bonchev–Trinajstić information content (AvgIpc) is 3.27. The van der Waals surface area contributed by atoms with Crippen molar-refractivity contribution in [3.8, 4) is 23.0 Å². The number of aromatic nitrogens is 1. The van der Waals surface area contributed by atoms with E-state index in [-0.39, 0.29) is 15.8 Å². The summed E-state index contributed by atoms with van der Waals surface area (Å²) in [4.78, 5) is 6.58. The Morgan fingerprint density at radius 2 is 1.61 bits per heavy atom. The Kier molecular flexibility index (Phi) is 6.18. The van der Waals surface area contributed by atoms with Gasteiger partial charge in [0.25, 0.3) is 0 Å². The van der Waals surface area contributed by atoms with Crippen molar-refractivity contribution in [3.05, 3.63) is 48.5 Å². The molecule has 1 aromatic heterocycles. The molecule has 4 rings (SSSR count). The molecule has 0 saturated carbocycles. The number of oxazole rings is 1. The zero-order valence-electron chi connectivity index (χ0n) is 17.7. The van der Waals surface area contributed by atoms with Gasteiger partial charge in [-0.15, -0.1) is 0 Å². The second kappa shape index (κ2) is 9.01. The van der Waals surface area contributed by atoms with Crippen molar-refractivity contribution in [1.29, 1.82) is 0 Å². The van der Waals surface area contributed by atoms with Crippen molar-refractivity contribution in [2.75, 3.05) is 31.7 Å². The fourth-order valence-corrected chi connectivity index (χ4v) is 4.94. The van der Waals surface area contributed by atoms with Gasteiger partial charge in [-0.2, -0.15) is 4.98 Å². The largest absolute Gasteiger partial charge is 0.497 e. The lowest BCUT2D eigenvalue weighted by atomic mass is 10.1. The molecule has 2 aromatic carbocycles. The monoisotopic (exact) mass is 442 g/mol. The topological polar surface area (TPSA) is 81.9 Å². The maximum Gasteiger partial charge on any atom is 0.236 e. The third-order valence-electron chi connectivity index (χ3n) is 5.26. The molecule has 0 bridgehead atoms. The minimum absolute atomic E-state index is 0.0515. The van der Waals surface area contributed by atoms with E-state index in [9.17, 15) is 8.42 Å². The van der Waals surface area contributed by atoms with Crippen LogP contribution in [0.3, 0.4) is 0 Å². The predicted octanol–water partition coefficient (Wildman–Crippen LogP) is 4.57. The SMILES string of the molecule is CCOc1ccc(S(=O)(=O)c2nc(-c3ccc(OC)cc3)oc2N2CCCCC2)cc1. The normalized spacial score (nSPS) is 14.5. The Morgan fingerprint density at radius 3 is 2.23 bits per heavy atom. The standard InChI is InChI=1S/C23H26N2O5S/c1-3-29-19-11-13-20(14-12-19)31(26,27)22-23(25-15-5-4-6-16-25)30-21(24-22)17-7-9-18(28-2)10-8-17/h7-14H,3-6,15-16H2,1-2H3. The first-order valence-corrected chi connectivity index (χ1v) is 11.9. The van der Waals surface area contributed by atoms with E-state index < -0.39 is 9.84 Å². The number of piperidine rings is 1. The van der Waals surface area contributed by atoms with Crippen LogP contribution >= 0.6 is 0 Å². The van der Waals surface area contributed by atoms with Crippen LogP contribution in [0.1, 0.15) is 26.2 Å². The number of methoxy groups -OCH3 is 1. The first-order valence-electron chi connectivity index (χ1n) is 10.4. The zero-order chi connectivity index (χ0) is 21.8. The zero-order valence-corrected chi connectivity index (χ0v) is 18.5. The first-order chi connectivity index (χ1) is 15.0. The average molecular weight is 443 g/mol. The van der Waals surface area contributed by atoms with Crippen molar-refractivity contribution in [3.63, 3.8) is 0 Å². The van der Waals surface area contributed by atoms with Crippen LogP contribution in [-0.4, -0.2) is 40.2 Å². The first kappa shape index (κ1) is 21.2. The van der Waals surface area contributed by atoms with E-state index in [4.69, 9.17) is 13.9 Å². The van der Waals surface area contributed by atoms with Crippen LogP contribution in [0.25, 0.3) is 11.5 Å². The molecule has 0 radical (unpaired) electrons. The highest BCUT2D eigenvalue weighted by atomic mass is 32.2. The Balaban J connectivity index is 1.77. The molecule has 7 nitrogen and oxygen atoms in total. The van der Waals surface area contributed by atoms with Crippen molar-refractivity contribution in [2.45, 2.75) is 36.1 Å². The van der Waals surface area contributed by atoms with Gasteiger partial charge in [0.15, 0.2) is 0 Å². The molecule has 0 unspecified atom stereocenters. The summed E-state index contributed by atoms with van der Waals surface area (Å²) in [5.74, 6) is 1.90. The lowest BCUT2D eigenvalue weighted by Gasteiger charge is -2.26. The maximum absolute atomic E-state index is 13.5. The van der Waals surface area contributed by atoms with Crippen molar-refractivity contribution >= 4 is 15.7 Å². The summed E-state index contributed by atoms with van der Waals surface area (Å²) in [6, 6.07) is 13.6. The molecule has 2 heterocycles. The van der Waals surface area contributed by atoms with Gasteiger partial charge in [0.05, 0.1) is 18.6 Å². The van der Waals surface area contributed by atoms with Crippen molar-refractivity contribution < 1.29 is 22.3 Å². The number of anilines is 1. The van der Waals surface area contributed by atoms with Crippen LogP contribution in [0.5, 0.6) is 11.5 Å². The van der Waals surface area contributed by atoms with Crippen LogP contribution in [-0.2, 0) is 9.84 Å². The number of nitrogens with zero attached hydrogens (tertiary/aromatic N) is 2. The second-order valence-corrected chi connectivity index (χ2v) is 9.18. The van der Waals surface area contributed by atoms with Gasteiger partial charge in [-0.1, -0.05) is 0 Å². The molecule has 3 aromatic rings. The van der Waals surface area contributed by atoms with Gasteiger partial charge in [0.2, 0.25) is 26.6 Å². The fraction of sp³-hybridized carbons (Fsp3) is 0.348. The Labute approximate surface area is 182 Å². The molecule has 0 spiro atoms. The lowest BCUT2D eigenvalue weighted by molar-refractivity contribution is 0.340. The van der Waals surface area contributed by atoms with Gasteiger partial charge in [0, 0.05) is 18.7 Å². The Morgan fingerprint density at radius 1 is 0.968 bits per heavy atom. The fourth-order valence-electron chi connectivity index (χ4n) is 3.62. The Hall–Kier alpha value is -3.00. The minimum Gasteiger partial charge on any atom is -0.497 e. The molecule has 1 fully saturated rings. The number of sulfone groups is 1. The van der Waals surface area contributed by atoms with Gasteiger partial charge < -0.3 is 18.8 Å². The van der Waals surface area contributed by atoms with Gasteiger partial charge in [0.1, 0.15) is 11.5 Å². The molecule has 0 amide bonds. The molecule has 0 aliphatic carbocycles.